The van der Waals surface area contributed by atoms with Crippen LogP contribution < -0.4 is 10.6 Å². The van der Waals surface area contributed by atoms with Crippen LogP contribution in [-0.2, 0) is 4.57 Å². The van der Waals surface area contributed by atoms with Crippen molar-refractivity contribution < 1.29 is 9.36 Å². The largest absolute Gasteiger partial charge is 0.334 e. The van der Waals surface area contributed by atoms with Gasteiger partial charge in [-0.1, -0.05) is 72.3 Å². The first-order valence-electron chi connectivity index (χ1n) is 8.22. The Balaban J connectivity index is 1.95. The standard InChI is InChI=1S/C21H19ClNO2P/c1-23(21(24)17-12-14-18(22)15-13-17)16-26(25,19-8-4-2-5-9-19)20-10-6-3-7-11-20/h2-15H,16H2,1H3. The topological polar surface area (TPSA) is 37.4 Å². The molecule has 0 atom stereocenters. The quantitative estimate of drug-likeness (QED) is 0.613. The van der Waals surface area contributed by atoms with Gasteiger partial charge in [-0.3, -0.25) is 4.79 Å². The predicted molar refractivity (Wildman–Crippen MR) is 108 cm³/mol. The smallest absolute Gasteiger partial charge is 0.254 e. The number of halogens is 1. The van der Waals surface area contributed by atoms with E-state index in [9.17, 15) is 9.36 Å². The Morgan fingerprint density at radius 2 is 1.31 bits per heavy atom. The lowest BCUT2D eigenvalue weighted by atomic mass is 10.2. The van der Waals surface area contributed by atoms with Crippen molar-refractivity contribution in [2.24, 2.45) is 0 Å². The highest BCUT2D eigenvalue weighted by Gasteiger charge is 2.30. The molecule has 5 heteroatoms. The normalized spacial score (nSPS) is 11.2. The third-order valence-electron chi connectivity index (χ3n) is 4.20. The van der Waals surface area contributed by atoms with Crippen molar-refractivity contribution >= 4 is 35.3 Å². The number of nitrogens with zero attached hydrogens (tertiary/aromatic N) is 1. The highest BCUT2D eigenvalue weighted by atomic mass is 35.5. The molecule has 0 saturated carbocycles. The number of carbonyl (C=O) groups is 1. The lowest BCUT2D eigenvalue weighted by Gasteiger charge is -2.26. The molecule has 132 valence electrons. The highest BCUT2D eigenvalue weighted by molar-refractivity contribution is 7.78. The van der Waals surface area contributed by atoms with Gasteiger partial charge in [-0.2, -0.15) is 0 Å². The minimum Gasteiger partial charge on any atom is -0.334 e. The number of amides is 1. The maximum Gasteiger partial charge on any atom is 0.254 e. The molecule has 0 aromatic heterocycles. The van der Waals surface area contributed by atoms with Crippen LogP contribution in [0.5, 0.6) is 0 Å². The molecule has 1 amide bonds. The van der Waals surface area contributed by atoms with Gasteiger partial charge in [-0.15, -0.1) is 0 Å². The molecular weight excluding hydrogens is 365 g/mol. The van der Waals surface area contributed by atoms with Gasteiger partial charge in [0.25, 0.3) is 5.91 Å². The van der Waals surface area contributed by atoms with E-state index in [4.69, 9.17) is 11.6 Å². The van der Waals surface area contributed by atoms with E-state index < -0.39 is 7.14 Å². The van der Waals surface area contributed by atoms with Gasteiger partial charge in [0.1, 0.15) is 0 Å². The summed E-state index contributed by atoms with van der Waals surface area (Å²) in [4.78, 5) is 14.3. The minimum atomic E-state index is -2.99. The van der Waals surface area contributed by atoms with E-state index in [2.05, 4.69) is 0 Å². The molecule has 0 unspecified atom stereocenters. The van der Waals surface area contributed by atoms with Crippen molar-refractivity contribution in [1.29, 1.82) is 0 Å². The molecule has 0 heterocycles. The van der Waals surface area contributed by atoms with Gasteiger partial charge >= 0.3 is 0 Å². The zero-order valence-corrected chi connectivity index (χ0v) is 16.0. The average molecular weight is 384 g/mol. The third kappa shape index (κ3) is 3.90. The second kappa shape index (κ2) is 7.90. The Bertz CT molecular complexity index is 884. The van der Waals surface area contributed by atoms with E-state index >= 15 is 0 Å². The molecular formula is C21H19ClNO2P. The van der Waals surface area contributed by atoms with Crippen LogP contribution in [0.3, 0.4) is 0 Å². The Morgan fingerprint density at radius 1 is 0.846 bits per heavy atom. The zero-order valence-electron chi connectivity index (χ0n) is 14.4. The Labute approximate surface area is 158 Å². The Morgan fingerprint density at radius 3 is 1.77 bits per heavy atom. The molecule has 0 aliphatic carbocycles. The molecule has 0 spiro atoms. The van der Waals surface area contributed by atoms with Crippen molar-refractivity contribution in [3.05, 3.63) is 95.5 Å². The third-order valence-corrected chi connectivity index (χ3v) is 7.53. The summed E-state index contributed by atoms with van der Waals surface area (Å²) in [5.41, 5.74) is 0.518. The fraction of sp³-hybridized carbons (Fsp3) is 0.0952. The van der Waals surface area contributed by atoms with Crippen LogP contribution in [-0.4, -0.2) is 24.1 Å². The van der Waals surface area contributed by atoms with Gasteiger partial charge in [-0.05, 0) is 24.3 Å². The minimum absolute atomic E-state index is 0.127. The lowest BCUT2D eigenvalue weighted by molar-refractivity contribution is 0.0817. The first kappa shape index (κ1) is 18.4. The summed E-state index contributed by atoms with van der Waals surface area (Å²) in [5.74, 6) is -0.186. The fourth-order valence-corrected chi connectivity index (χ4v) is 5.61. The van der Waals surface area contributed by atoms with Crippen LogP contribution in [0.25, 0.3) is 0 Å². The van der Waals surface area contributed by atoms with Crippen LogP contribution in [0.15, 0.2) is 84.9 Å². The van der Waals surface area contributed by atoms with Crippen LogP contribution in [0.1, 0.15) is 10.4 Å². The first-order valence-corrected chi connectivity index (χ1v) is 10.5. The van der Waals surface area contributed by atoms with Gasteiger partial charge in [0.15, 0.2) is 7.14 Å². The van der Waals surface area contributed by atoms with Gasteiger partial charge in [0.05, 0.1) is 6.29 Å². The summed E-state index contributed by atoms with van der Waals surface area (Å²) in [6, 6.07) is 25.4. The summed E-state index contributed by atoms with van der Waals surface area (Å²) < 4.78 is 14.0. The molecule has 3 rings (SSSR count). The number of rotatable bonds is 5. The number of hydrogen-bond donors (Lipinski definition) is 0. The molecule has 3 aromatic rings. The van der Waals surface area contributed by atoms with Gasteiger partial charge in [0.2, 0.25) is 0 Å². The van der Waals surface area contributed by atoms with E-state index in [0.717, 1.165) is 10.6 Å². The second-order valence-corrected chi connectivity index (χ2v) is 9.29. The Hall–Kier alpha value is -2.35. The van der Waals surface area contributed by atoms with E-state index in [-0.39, 0.29) is 12.2 Å². The molecule has 0 radical (unpaired) electrons. The van der Waals surface area contributed by atoms with E-state index in [0.29, 0.717) is 10.6 Å². The molecule has 0 saturated heterocycles. The average Bonchev–Trinajstić information content (AvgIpc) is 2.69. The van der Waals surface area contributed by atoms with Crippen molar-refractivity contribution in [3.8, 4) is 0 Å². The number of benzene rings is 3. The molecule has 26 heavy (non-hydrogen) atoms. The second-order valence-electron chi connectivity index (χ2n) is 6.06. The number of hydrogen-bond acceptors (Lipinski definition) is 2. The monoisotopic (exact) mass is 383 g/mol. The summed E-state index contributed by atoms with van der Waals surface area (Å²) >= 11 is 5.89. The molecule has 0 bridgehead atoms. The van der Waals surface area contributed by atoms with Gasteiger partial charge in [-0.25, -0.2) is 0 Å². The highest BCUT2D eigenvalue weighted by Crippen LogP contribution is 2.43. The lowest BCUT2D eigenvalue weighted by Crippen LogP contribution is -2.32. The predicted octanol–water partition coefficient (Wildman–Crippen LogP) is 4.38. The molecule has 0 aliphatic heterocycles. The first-order chi connectivity index (χ1) is 12.5. The molecule has 0 N–H and O–H groups in total. The van der Waals surface area contributed by atoms with Crippen molar-refractivity contribution in [2.45, 2.75) is 0 Å². The van der Waals surface area contributed by atoms with E-state index in [1.54, 1.807) is 31.3 Å². The molecule has 0 fully saturated rings. The van der Waals surface area contributed by atoms with Crippen molar-refractivity contribution in [2.75, 3.05) is 13.3 Å². The SMILES string of the molecule is CN(CP(=O)(c1ccccc1)c1ccccc1)C(=O)c1ccc(Cl)cc1. The summed E-state index contributed by atoms with van der Waals surface area (Å²) in [5, 5.41) is 2.05. The van der Waals surface area contributed by atoms with E-state index in [1.807, 2.05) is 60.7 Å². The van der Waals surface area contributed by atoms with Crippen LogP contribution in [0.4, 0.5) is 0 Å². The van der Waals surface area contributed by atoms with Gasteiger partial charge < -0.3 is 9.46 Å². The van der Waals surface area contributed by atoms with Crippen molar-refractivity contribution in [3.63, 3.8) is 0 Å². The van der Waals surface area contributed by atoms with Gasteiger partial charge in [0, 0.05) is 28.2 Å². The molecule has 3 nitrogen and oxygen atoms in total. The zero-order chi connectivity index (χ0) is 18.6. The number of carbonyl (C=O) groups excluding carboxylic acids is 1. The van der Waals surface area contributed by atoms with Crippen LogP contribution in [0, 0.1) is 0 Å². The molecule has 3 aromatic carbocycles. The molecule has 0 aliphatic rings. The maximum atomic E-state index is 14.0. The Kier molecular flexibility index (Phi) is 5.61. The summed E-state index contributed by atoms with van der Waals surface area (Å²) in [6.07, 6.45) is 0.127. The van der Waals surface area contributed by atoms with Crippen LogP contribution >= 0.6 is 18.7 Å². The van der Waals surface area contributed by atoms with Crippen molar-refractivity contribution in [1.82, 2.24) is 4.90 Å². The van der Waals surface area contributed by atoms with Crippen LogP contribution in [0.2, 0.25) is 5.02 Å². The summed E-state index contributed by atoms with van der Waals surface area (Å²) in [7, 11) is -1.31. The maximum absolute atomic E-state index is 14.0. The van der Waals surface area contributed by atoms with E-state index in [1.165, 1.54) is 4.90 Å². The summed E-state index contributed by atoms with van der Waals surface area (Å²) in [6.45, 7) is 0. The fourth-order valence-electron chi connectivity index (χ4n) is 2.83.